The fourth-order valence-electron chi connectivity index (χ4n) is 5.42. The number of amides is 1. The first-order valence-electron chi connectivity index (χ1n) is 11.8. The third-order valence-corrected chi connectivity index (χ3v) is 7.04. The molecule has 4 heterocycles. The second-order valence-electron chi connectivity index (χ2n) is 9.35. The SMILES string of the molecule is O=C(c1ccccc1)N1C[C@@H]2C[C@H](C1)c1ccc(NCc3cnc4ccccc4c3)c(=O)n1C2. The third-order valence-electron chi connectivity index (χ3n) is 7.04. The summed E-state index contributed by atoms with van der Waals surface area (Å²) >= 11 is 0. The molecule has 2 aliphatic rings. The van der Waals surface area contributed by atoms with Crippen molar-refractivity contribution in [1.29, 1.82) is 0 Å². The minimum atomic E-state index is 0.0174. The Kier molecular flexibility index (Phi) is 5.13. The van der Waals surface area contributed by atoms with Crippen molar-refractivity contribution >= 4 is 22.5 Å². The van der Waals surface area contributed by atoms with Crippen LogP contribution in [-0.2, 0) is 13.1 Å². The number of nitrogens with zero attached hydrogens (tertiary/aromatic N) is 3. The summed E-state index contributed by atoms with van der Waals surface area (Å²) in [6.07, 6.45) is 2.88. The van der Waals surface area contributed by atoms with E-state index in [-0.39, 0.29) is 23.3 Å². The maximum Gasteiger partial charge on any atom is 0.274 e. The first kappa shape index (κ1) is 20.7. The van der Waals surface area contributed by atoms with E-state index in [1.54, 1.807) is 0 Å². The summed E-state index contributed by atoms with van der Waals surface area (Å²) in [6.45, 7) is 2.53. The van der Waals surface area contributed by atoms with Crippen LogP contribution in [0.3, 0.4) is 0 Å². The van der Waals surface area contributed by atoms with Crippen LogP contribution < -0.4 is 10.9 Å². The van der Waals surface area contributed by atoms with E-state index in [4.69, 9.17) is 0 Å². The smallest absolute Gasteiger partial charge is 0.274 e. The van der Waals surface area contributed by atoms with Crippen molar-refractivity contribution in [3.63, 3.8) is 0 Å². The van der Waals surface area contributed by atoms with E-state index in [0.717, 1.165) is 34.1 Å². The molecule has 0 aliphatic carbocycles. The van der Waals surface area contributed by atoms with Crippen molar-refractivity contribution < 1.29 is 4.79 Å². The van der Waals surface area contributed by atoms with Gasteiger partial charge in [-0.05, 0) is 54.3 Å². The molecule has 1 saturated heterocycles. The summed E-state index contributed by atoms with van der Waals surface area (Å²) in [7, 11) is 0. The van der Waals surface area contributed by atoms with Crippen LogP contribution >= 0.6 is 0 Å². The zero-order valence-corrected chi connectivity index (χ0v) is 18.9. The molecule has 6 heteroatoms. The number of likely N-dealkylation sites (tertiary alicyclic amines) is 1. The van der Waals surface area contributed by atoms with Gasteiger partial charge in [0.15, 0.2) is 0 Å². The molecule has 2 aromatic carbocycles. The maximum atomic E-state index is 13.3. The first-order chi connectivity index (χ1) is 16.7. The first-order valence-corrected chi connectivity index (χ1v) is 11.8. The standard InChI is InChI=1S/C28H26N4O2/c33-27(21-6-2-1-3-7-21)31-16-20-13-23(18-31)26-11-10-25(28(34)32(26)17-20)30-15-19-12-22-8-4-5-9-24(22)29-14-19/h1-12,14,20,23,30H,13,15-18H2/t20-,23+/m0/s1. The van der Waals surface area contributed by atoms with Gasteiger partial charge in [0.1, 0.15) is 5.69 Å². The van der Waals surface area contributed by atoms with Crippen LogP contribution in [0.15, 0.2) is 83.8 Å². The number of benzene rings is 2. The van der Waals surface area contributed by atoms with E-state index in [2.05, 4.69) is 22.4 Å². The largest absolute Gasteiger partial charge is 0.376 e. The van der Waals surface area contributed by atoms with Crippen molar-refractivity contribution in [2.24, 2.45) is 5.92 Å². The van der Waals surface area contributed by atoms with Crippen molar-refractivity contribution in [3.8, 4) is 0 Å². The number of fused-ring (bicyclic) bond motifs is 5. The number of para-hydroxylation sites is 1. The van der Waals surface area contributed by atoms with Crippen LogP contribution in [0.25, 0.3) is 10.9 Å². The molecule has 4 aromatic rings. The van der Waals surface area contributed by atoms with Crippen molar-refractivity contribution in [2.45, 2.75) is 25.4 Å². The number of rotatable bonds is 4. The van der Waals surface area contributed by atoms with Crippen LogP contribution in [0, 0.1) is 5.92 Å². The Morgan fingerprint density at radius 3 is 2.68 bits per heavy atom. The number of anilines is 1. The molecule has 1 fully saturated rings. The van der Waals surface area contributed by atoms with Gasteiger partial charge in [-0.25, -0.2) is 0 Å². The third kappa shape index (κ3) is 3.75. The Morgan fingerprint density at radius 1 is 0.971 bits per heavy atom. The predicted molar refractivity (Wildman–Crippen MR) is 133 cm³/mol. The predicted octanol–water partition coefficient (Wildman–Crippen LogP) is 4.27. The van der Waals surface area contributed by atoms with Gasteiger partial charge in [0, 0.05) is 54.9 Å². The van der Waals surface area contributed by atoms with Crippen molar-refractivity contribution in [2.75, 3.05) is 18.4 Å². The number of piperidine rings is 1. The van der Waals surface area contributed by atoms with E-state index < -0.39 is 0 Å². The van der Waals surface area contributed by atoms with E-state index in [0.29, 0.717) is 31.9 Å². The quantitative estimate of drug-likeness (QED) is 0.504. The van der Waals surface area contributed by atoms with Crippen molar-refractivity contribution in [1.82, 2.24) is 14.5 Å². The van der Waals surface area contributed by atoms with Gasteiger partial charge in [-0.2, -0.15) is 0 Å². The number of carbonyl (C=O) groups is 1. The van der Waals surface area contributed by atoms with Gasteiger partial charge in [0.05, 0.1) is 5.52 Å². The van der Waals surface area contributed by atoms with E-state index in [9.17, 15) is 9.59 Å². The van der Waals surface area contributed by atoms with Gasteiger partial charge in [-0.3, -0.25) is 14.6 Å². The summed E-state index contributed by atoms with van der Waals surface area (Å²) in [4.78, 5) is 32.8. The van der Waals surface area contributed by atoms with Crippen molar-refractivity contribution in [3.05, 3.63) is 106 Å². The molecule has 2 aliphatic heterocycles. The Hall–Kier alpha value is -3.93. The minimum Gasteiger partial charge on any atom is -0.376 e. The van der Waals surface area contributed by atoms with Gasteiger partial charge < -0.3 is 14.8 Å². The molecule has 2 aromatic heterocycles. The molecule has 1 N–H and O–H groups in total. The van der Waals surface area contributed by atoms with Crippen LogP contribution in [0.1, 0.15) is 34.0 Å². The highest BCUT2D eigenvalue weighted by Gasteiger charge is 2.36. The summed E-state index contributed by atoms with van der Waals surface area (Å²) < 4.78 is 1.92. The second-order valence-corrected chi connectivity index (χ2v) is 9.35. The lowest BCUT2D eigenvalue weighted by Crippen LogP contribution is -2.49. The highest BCUT2D eigenvalue weighted by atomic mass is 16.2. The Morgan fingerprint density at radius 2 is 1.79 bits per heavy atom. The van der Waals surface area contributed by atoms with Gasteiger partial charge in [0.25, 0.3) is 11.5 Å². The van der Waals surface area contributed by atoms with Gasteiger partial charge in [-0.1, -0.05) is 36.4 Å². The molecule has 0 unspecified atom stereocenters. The van der Waals surface area contributed by atoms with Crippen LogP contribution in [0.2, 0.25) is 0 Å². The highest BCUT2D eigenvalue weighted by Crippen LogP contribution is 2.36. The van der Waals surface area contributed by atoms with Gasteiger partial charge in [-0.15, -0.1) is 0 Å². The lowest BCUT2D eigenvalue weighted by atomic mass is 9.83. The number of pyridine rings is 2. The zero-order chi connectivity index (χ0) is 23.1. The van der Waals surface area contributed by atoms with E-state index in [1.165, 1.54) is 0 Å². The van der Waals surface area contributed by atoms with Crippen LogP contribution in [-0.4, -0.2) is 33.4 Å². The normalized spacial score (nSPS) is 19.0. The topological polar surface area (TPSA) is 67.2 Å². The average molecular weight is 451 g/mol. The Labute approximate surface area is 197 Å². The molecule has 2 bridgehead atoms. The molecule has 1 amide bonds. The van der Waals surface area contributed by atoms with Gasteiger partial charge in [0.2, 0.25) is 0 Å². The summed E-state index contributed by atoms with van der Waals surface area (Å²) in [5.74, 6) is 0.552. The molecule has 0 saturated carbocycles. The molecule has 2 atom stereocenters. The lowest BCUT2D eigenvalue weighted by Gasteiger charge is -2.43. The second kappa shape index (κ2) is 8.45. The fourth-order valence-corrected chi connectivity index (χ4v) is 5.42. The van der Waals surface area contributed by atoms with E-state index in [1.807, 2.05) is 76.3 Å². The summed E-state index contributed by atoms with van der Waals surface area (Å²) in [5, 5.41) is 4.41. The fraction of sp³-hybridized carbons (Fsp3) is 0.250. The maximum absolute atomic E-state index is 13.3. The zero-order valence-electron chi connectivity index (χ0n) is 18.9. The summed E-state index contributed by atoms with van der Waals surface area (Å²) in [5.41, 5.74) is 4.38. The highest BCUT2D eigenvalue weighted by molar-refractivity contribution is 5.94. The molecular weight excluding hydrogens is 424 g/mol. The molecule has 6 nitrogen and oxygen atoms in total. The number of hydrogen-bond acceptors (Lipinski definition) is 4. The Bertz CT molecular complexity index is 1430. The number of aromatic nitrogens is 2. The molecule has 0 spiro atoms. The van der Waals surface area contributed by atoms with E-state index >= 15 is 0 Å². The average Bonchev–Trinajstić information content (AvgIpc) is 2.88. The minimum absolute atomic E-state index is 0.0174. The summed E-state index contributed by atoms with van der Waals surface area (Å²) in [6, 6.07) is 23.5. The number of carbonyl (C=O) groups excluding carboxylic acids is 1. The van der Waals surface area contributed by atoms with Gasteiger partial charge >= 0.3 is 0 Å². The molecule has 0 radical (unpaired) electrons. The van der Waals surface area contributed by atoms with Crippen LogP contribution in [0.4, 0.5) is 5.69 Å². The molecule has 34 heavy (non-hydrogen) atoms. The molecule has 170 valence electrons. The number of hydrogen-bond donors (Lipinski definition) is 1. The molecule has 6 rings (SSSR count). The molecular formula is C28H26N4O2. The Balaban J connectivity index is 1.21. The van der Waals surface area contributed by atoms with Crippen LogP contribution in [0.5, 0.6) is 0 Å². The number of nitrogens with one attached hydrogen (secondary N) is 1. The monoisotopic (exact) mass is 450 g/mol. The lowest BCUT2D eigenvalue weighted by molar-refractivity contribution is 0.0594.